The molecule has 1 unspecified atom stereocenters. The van der Waals surface area contributed by atoms with E-state index in [4.69, 9.17) is 27.9 Å². The van der Waals surface area contributed by atoms with E-state index in [1.807, 2.05) is 20.8 Å². The minimum absolute atomic E-state index is 0.0875. The Morgan fingerprint density at radius 2 is 1.83 bits per heavy atom. The highest BCUT2D eigenvalue weighted by molar-refractivity contribution is 6.42. The number of nitrogens with one attached hydrogen (secondary N) is 1. The van der Waals surface area contributed by atoms with Gasteiger partial charge in [0.2, 0.25) is 0 Å². The predicted octanol–water partition coefficient (Wildman–Crippen LogP) is 5.22. The van der Waals surface area contributed by atoms with Gasteiger partial charge in [0, 0.05) is 6.54 Å². The predicted molar refractivity (Wildman–Crippen MR) is 115 cm³/mol. The smallest absolute Gasteiger partial charge is 0.410 e. The summed E-state index contributed by atoms with van der Waals surface area (Å²) in [6, 6.07) is 4.61. The van der Waals surface area contributed by atoms with Crippen LogP contribution in [0.5, 0.6) is 0 Å². The molecule has 1 fully saturated rings. The SMILES string of the molecule is CC(C)(C)OC(=O)N1CCCCC1C(=O)C1(c2ccc(Cl)c(Cl)c2)C=CNC=C1. The van der Waals surface area contributed by atoms with E-state index in [0.29, 0.717) is 28.6 Å². The summed E-state index contributed by atoms with van der Waals surface area (Å²) < 4.78 is 5.57. The van der Waals surface area contributed by atoms with Crippen LogP contribution in [-0.4, -0.2) is 35.0 Å². The summed E-state index contributed by atoms with van der Waals surface area (Å²) in [6.07, 6.45) is 8.91. The minimum atomic E-state index is -1.04. The van der Waals surface area contributed by atoms with Crippen LogP contribution in [0.4, 0.5) is 4.79 Å². The van der Waals surface area contributed by atoms with Crippen molar-refractivity contribution in [3.8, 4) is 0 Å². The number of hydrogen-bond acceptors (Lipinski definition) is 4. The second-order valence-electron chi connectivity index (χ2n) is 8.38. The number of carbonyl (C=O) groups excluding carboxylic acids is 2. The molecule has 7 heteroatoms. The van der Waals surface area contributed by atoms with Gasteiger partial charge in [0.25, 0.3) is 0 Å². The molecule has 0 spiro atoms. The molecule has 156 valence electrons. The van der Waals surface area contributed by atoms with Crippen molar-refractivity contribution in [3.05, 3.63) is 58.4 Å². The molecule has 2 heterocycles. The minimum Gasteiger partial charge on any atom is -0.444 e. The van der Waals surface area contributed by atoms with Crippen molar-refractivity contribution in [2.45, 2.75) is 57.1 Å². The van der Waals surface area contributed by atoms with E-state index in [-0.39, 0.29) is 5.78 Å². The van der Waals surface area contributed by atoms with Crippen molar-refractivity contribution in [1.29, 1.82) is 0 Å². The highest BCUT2D eigenvalue weighted by atomic mass is 35.5. The lowest BCUT2D eigenvalue weighted by molar-refractivity contribution is -0.128. The van der Waals surface area contributed by atoms with Gasteiger partial charge in [0.15, 0.2) is 5.78 Å². The molecule has 0 aliphatic carbocycles. The largest absolute Gasteiger partial charge is 0.444 e. The maximum Gasteiger partial charge on any atom is 0.410 e. The van der Waals surface area contributed by atoms with Gasteiger partial charge in [-0.25, -0.2) is 4.79 Å². The molecule has 1 amide bonds. The average Bonchev–Trinajstić information content (AvgIpc) is 2.68. The molecule has 0 aromatic heterocycles. The van der Waals surface area contributed by atoms with Gasteiger partial charge in [-0.1, -0.05) is 29.3 Å². The van der Waals surface area contributed by atoms with Crippen LogP contribution in [0, 0.1) is 0 Å². The molecule has 2 aliphatic heterocycles. The van der Waals surface area contributed by atoms with Crippen molar-refractivity contribution in [3.63, 3.8) is 0 Å². The Kier molecular flexibility index (Phi) is 6.30. The molecule has 1 aromatic carbocycles. The third-order valence-corrected chi connectivity index (χ3v) is 5.86. The Morgan fingerprint density at radius 1 is 1.14 bits per heavy atom. The van der Waals surface area contributed by atoms with Gasteiger partial charge in [-0.15, -0.1) is 0 Å². The summed E-state index contributed by atoms with van der Waals surface area (Å²) in [5, 5.41) is 3.78. The molecule has 29 heavy (non-hydrogen) atoms. The zero-order chi connectivity index (χ0) is 21.2. The molecule has 1 atom stereocenters. The summed E-state index contributed by atoms with van der Waals surface area (Å²) in [5.41, 5.74) is -0.958. The van der Waals surface area contributed by atoms with Crippen LogP contribution in [0.15, 0.2) is 42.8 Å². The number of rotatable bonds is 3. The first kappa shape index (κ1) is 21.7. The average molecular weight is 437 g/mol. The summed E-state index contributed by atoms with van der Waals surface area (Å²) in [7, 11) is 0. The van der Waals surface area contributed by atoms with Gasteiger partial charge in [-0.2, -0.15) is 0 Å². The lowest BCUT2D eigenvalue weighted by Gasteiger charge is -2.40. The fourth-order valence-corrected chi connectivity index (χ4v) is 4.04. The number of ketones is 1. The van der Waals surface area contributed by atoms with E-state index in [1.54, 1.807) is 47.7 Å². The molecule has 0 bridgehead atoms. The second kappa shape index (κ2) is 8.41. The van der Waals surface area contributed by atoms with Crippen LogP contribution >= 0.6 is 23.2 Å². The summed E-state index contributed by atoms with van der Waals surface area (Å²) in [5.74, 6) is -0.0875. The van der Waals surface area contributed by atoms with E-state index in [9.17, 15) is 9.59 Å². The van der Waals surface area contributed by atoms with Gasteiger partial charge in [-0.3, -0.25) is 9.69 Å². The number of amides is 1. The van der Waals surface area contributed by atoms with Crippen molar-refractivity contribution in [1.82, 2.24) is 10.2 Å². The Balaban J connectivity index is 1.99. The fourth-order valence-electron chi connectivity index (χ4n) is 3.74. The topological polar surface area (TPSA) is 58.6 Å². The first-order chi connectivity index (χ1) is 13.6. The number of halogens is 2. The summed E-state index contributed by atoms with van der Waals surface area (Å²) in [4.78, 5) is 28.3. The normalized spacial score (nSPS) is 20.9. The number of piperidine rings is 1. The Morgan fingerprint density at radius 3 is 2.45 bits per heavy atom. The van der Waals surface area contributed by atoms with Crippen LogP contribution in [0.3, 0.4) is 0 Å². The summed E-state index contributed by atoms with van der Waals surface area (Å²) >= 11 is 12.3. The first-order valence-corrected chi connectivity index (χ1v) is 10.5. The standard InChI is InChI=1S/C22H26Cl2N2O3/c1-21(2,3)29-20(28)26-13-5-4-6-18(26)19(27)22(9-11-25-12-10-22)15-7-8-16(23)17(24)14-15/h7-12,14,18,25H,4-6,13H2,1-3H3. The van der Waals surface area contributed by atoms with Crippen LogP contribution in [-0.2, 0) is 14.9 Å². The molecule has 1 aromatic rings. The highest BCUT2D eigenvalue weighted by Crippen LogP contribution is 2.37. The lowest BCUT2D eigenvalue weighted by atomic mass is 9.72. The summed E-state index contributed by atoms with van der Waals surface area (Å²) in [6.45, 7) is 5.96. The van der Waals surface area contributed by atoms with Crippen LogP contribution < -0.4 is 5.32 Å². The van der Waals surface area contributed by atoms with Gasteiger partial charge in [-0.05, 0) is 82.3 Å². The zero-order valence-corrected chi connectivity index (χ0v) is 18.4. The van der Waals surface area contributed by atoms with Crippen LogP contribution in [0.2, 0.25) is 10.0 Å². The van der Waals surface area contributed by atoms with Crippen LogP contribution in [0.1, 0.15) is 45.6 Å². The van der Waals surface area contributed by atoms with E-state index < -0.39 is 23.2 Å². The maximum atomic E-state index is 13.9. The van der Waals surface area contributed by atoms with Gasteiger partial charge in [0.1, 0.15) is 5.60 Å². The van der Waals surface area contributed by atoms with Crippen molar-refractivity contribution >= 4 is 35.1 Å². The molecular weight excluding hydrogens is 411 g/mol. The number of hydrogen-bond donors (Lipinski definition) is 1. The number of likely N-dealkylation sites (tertiary alicyclic amines) is 1. The highest BCUT2D eigenvalue weighted by Gasteiger charge is 2.45. The maximum absolute atomic E-state index is 13.9. The number of dihydropyridines is 1. The molecule has 1 N–H and O–H groups in total. The number of nitrogens with zero attached hydrogens (tertiary/aromatic N) is 1. The lowest BCUT2D eigenvalue weighted by Crippen LogP contribution is -2.54. The molecule has 1 saturated heterocycles. The number of benzene rings is 1. The van der Waals surface area contributed by atoms with Gasteiger partial charge < -0.3 is 10.1 Å². The van der Waals surface area contributed by atoms with Gasteiger partial charge >= 0.3 is 6.09 Å². The Hall–Kier alpha value is -1.98. The number of ether oxygens (including phenoxy) is 1. The van der Waals surface area contributed by atoms with Crippen LogP contribution in [0.25, 0.3) is 0 Å². The molecule has 5 nitrogen and oxygen atoms in total. The van der Waals surface area contributed by atoms with Crippen molar-refractivity contribution in [2.24, 2.45) is 0 Å². The van der Waals surface area contributed by atoms with Crippen molar-refractivity contribution < 1.29 is 14.3 Å². The van der Waals surface area contributed by atoms with Gasteiger partial charge in [0.05, 0.1) is 21.5 Å². The van der Waals surface area contributed by atoms with E-state index in [1.165, 1.54) is 0 Å². The molecule has 3 rings (SSSR count). The van der Waals surface area contributed by atoms with E-state index >= 15 is 0 Å². The number of Topliss-reactive ketones (excluding diaryl/α,β-unsaturated/α-hetero) is 1. The molecule has 0 radical (unpaired) electrons. The third kappa shape index (κ3) is 4.62. The molecule has 0 saturated carbocycles. The zero-order valence-electron chi connectivity index (χ0n) is 16.9. The second-order valence-corrected chi connectivity index (χ2v) is 9.20. The first-order valence-electron chi connectivity index (χ1n) is 9.75. The quantitative estimate of drug-likeness (QED) is 0.705. The van der Waals surface area contributed by atoms with Crippen molar-refractivity contribution in [2.75, 3.05) is 6.54 Å². The monoisotopic (exact) mass is 436 g/mol. The van der Waals surface area contributed by atoms with E-state index in [0.717, 1.165) is 12.8 Å². The number of allylic oxidation sites excluding steroid dienone is 2. The van der Waals surface area contributed by atoms with E-state index in [2.05, 4.69) is 5.32 Å². The Bertz CT molecular complexity index is 846. The molecular formula is C22H26Cl2N2O3. The fraction of sp³-hybridized carbons (Fsp3) is 0.455. The Labute approximate surface area is 181 Å². The third-order valence-electron chi connectivity index (χ3n) is 5.12. The molecule has 2 aliphatic rings. The number of carbonyl (C=O) groups is 2.